The van der Waals surface area contributed by atoms with Crippen molar-refractivity contribution in [2.45, 2.75) is 65.2 Å². The average Bonchev–Trinajstić information content (AvgIpc) is 2.77. The van der Waals surface area contributed by atoms with Crippen LogP contribution in [-0.2, 0) is 11.2 Å². The van der Waals surface area contributed by atoms with Gasteiger partial charge in [-0.15, -0.1) is 0 Å². The molecule has 5 nitrogen and oxygen atoms in total. The van der Waals surface area contributed by atoms with Crippen LogP contribution in [0.3, 0.4) is 0 Å². The molecule has 1 aromatic rings. The monoisotopic (exact) mass is 432 g/mol. The lowest BCUT2D eigenvalue weighted by Crippen LogP contribution is -2.50. The summed E-state index contributed by atoms with van der Waals surface area (Å²) in [5.74, 6) is 0.894. The zero-order chi connectivity index (χ0) is 21.8. The second-order valence-corrected chi connectivity index (χ2v) is 8.82. The summed E-state index contributed by atoms with van der Waals surface area (Å²) < 4.78 is 0. The van der Waals surface area contributed by atoms with Crippen molar-refractivity contribution in [1.82, 2.24) is 10.3 Å². The number of benzene rings is 1. The normalized spacial score (nSPS) is 17.1. The number of carbonyl (C=O) groups is 1. The summed E-state index contributed by atoms with van der Waals surface area (Å²) in [6.45, 7) is 10.5. The second kappa shape index (κ2) is 12.7. The molecule has 0 bridgehead atoms. The van der Waals surface area contributed by atoms with Crippen LogP contribution >= 0.6 is 11.6 Å². The fourth-order valence-electron chi connectivity index (χ4n) is 4.67. The van der Waals surface area contributed by atoms with E-state index in [0.29, 0.717) is 12.3 Å². The molecule has 2 rings (SSSR count). The number of amides is 1. The molecule has 166 valence electrons. The topological polar surface area (TPSA) is 57.1 Å². The van der Waals surface area contributed by atoms with E-state index in [9.17, 15) is 4.79 Å². The molecule has 0 spiro atoms. The molecular formula is C24H37ClN4O. The van der Waals surface area contributed by atoms with Crippen LogP contribution in [0, 0.1) is 11.3 Å². The number of hydrogen-bond acceptors (Lipinski definition) is 3. The summed E-state index contributed by atoms with van der Waals surface area (Å²) in [6.07, 6.45) is 9.67. The Balaban J connectivity index is 1.95. The highest BCUT2D eigenvalue weighted by Gasteiger charge is 2.41. The highest BCUT2D eigenvalue weighted by Crippen LogP contribution is 2.43. The Hall–Kier alpha value is -1.88. The minimum Gasteiger partial charge on any atom is -0.343 e. The number of halogens is 1. The van der Waals surface area contributed by atoms with E-state index in [1.54, 1.807) is 0 Å². The molecule has 1 fully saturated rings. The first kappa shape index (κ1) is 24.4. The molecule has 0 saturated carbocycles. The van der Waals surface area contributed by atoms with Crippen LogP contribution in [0.2, 0.25) is 5.02 Å². The molecule has 1 amide bonds. The number of piperidine rings is 1. The van der Waals surface area contributed by atoms with Crippen molar-refractivity contribution in [3.05, 3.63) is 34.9 Å². The first-order valence-corrected chi connectivity index (χ1v) is 11.6. The fourth-order valence-corrected chi connectivity index (χ4v) is 4.80. The van der Waals surface area contributed by atoms with Crippen LogP contribution in [0.1, 0.15) is 64.4 Å². The zero-order valence-electron chi connectivity index (χ0n) is 18.6. The van der Waals surface area contributed by atoms with Gasteiger partial charge in [0.2, 0.25) is 5.91 Å². The number of rotatable bonds is 12. The average molecular weight is 433 g/mol. The van der Waals surface area contributed by atoms with Gasteiger partial charge in [-0.3, -0.25) is 9.79 Å². The van der Waals surface area contributed by atoms with Crippen molar-refractivity contribution in [3.8, 4) is 0 Å². The van der Waals surface area contributed by atoms with Crippen molar-refractivity contribution < 1.29 is 4.79 Å². The molecule has 1 unspecified atom stereocenters. The Morgan fingerprint density at radius 3 is 2.60 bits per heavy atom. The largest absolute Gasteiger partial charge is 0.343 e. The second-order valence-electron chi connectivity index (χ2n) is 8.38. The van der Waals surface area contributed by atoms with Gasteiger partial charge in [0, 0.05) is 31.1 Å². The van der Waals surface area contributed by atoms with Gasteiger partial charge < -0.3 is 10.3 Å². The molecule has 1 saturated heterocycles. The van der Waals surface area contributed by atoms with Gasteiger partial charge in [-0.2, -0.15) is 5.10 Å². The molecule has 0 radical (unpaired) electrons. The van der Waals surface area contributed by atoms with Gasteiger partial charge in [0.25, 0.3) is 0 Å². The predicted molar refractivity (Wildman–Crippen MR) is 127 cm³/mol. The van der Waals surface area contributed by atoms with E-state index in [2.05, 4.69) is 41.0 Å². The number of nitrogens with one attached hydrogen (secondary N) is 1. The minimum atomic E-state index is 0.176. The molecule has 30 heavy (non-hydrogen) atoms. The van der Waals surface area contributed by atoms with Crippen LogP contribution < -0.4 is 5.43 Å². The Kier molecular flexibility index (Phi) is 10.4. The summed E-state index contributed by atoms with van der Waals surface area (Å²) in [7, 11) is 0. The maximum absolute atomic E-state index is 12.8. The standard InChI is InChI=1S/C24H37ClN4O/c1-4-6-7-21(5-2)24(18-27-28-19-26-3)14-16-29(17-15-24)23(30)13-10-20-8-11-22(25)12-9-20/h8-9,11-12,19,21,27H,3-7,10,13-18H2,1-2H3/b28-19-. The maximum atomic E-state index is 12.8. The predicted octanol–water partition coefficient (Wildman–Crippen LogP) is 5.33. The fraction of sp³-hybridized carbons (Fsp3) is 0.625. The number of carbonyl (C=O) groups excluding carboxylic acids is 1. The summed E-state index contributed by atoms with van der Waals surface area (Å²) in [6, 6.07) is 7.77. The number of aliphatic imine (C=N–C) groups is 1. The van der Waals surface area contributed by atoms with Crippen LogP contribution in [0.25, 0.3) is 0 Å². The third-order valence-corrected chi connectivity index (χ3v) is 6.83. The van der Waals surface area contributed by atoms with Gasteiger partial charge in [0.05, 0.1) is 0 Å². The maximum Gasteiger partial charge on any atom is 0.222 e. The highest BCUT2D eigenvalue weighted by atomic mass is 35.5. The lowest BCUT2D eigenvalue weighted by Gasteiger charge is -2.46. The van der Waals surface area contributed by atoms with Gasteiger partial charge in [0.1, 0.15) is 6.34 Å². The van der Waals surface area contributed by atoms with Crippen LogP contribution in [0.4, 0.5) is 0 Å². The molecule has 1 aromatic carbocycles. The highest BCUT2D eigenvalue weighted by molar-refractivity contribution is 6.30. The van der Waals surface area contributed by atoms with Crippen LogP contribution in [0.15, 0.2) is 34.4 Å². The number of nitrogens with zero attached hydrogens (tertiary/aromatic N) is 3. The molecule has 1 aliphatic heterocycles. The van der Waals surface area contributed by atoms with E-state index < -0.39 is 0 Å². The molecule has 1 N–H and O–H groups in total. The first-order valence-electron chi connectivity index (χ1n) is 11.3. The van der Waals surface area contributed by atoms with Gasteiger partial charge >= 0.3 is 0 Å². The quantitative estimate of drug-likeness (QED) is 0.275. The van der Waals surface area contributed by atoms with Gasteiger partial charge in [-0.25, -0.2) is 0 Å². The van der Waals surface area contributed by atoms with E-state index in [4.69, 9.17) is 11.6 Å². The summed E-state index contributed by atoms with van der Waals surface area (Å²) in [5.41, 5.74) is 4.54. The molecular weight excluding hydrogens is 396 g/mol. The molecule has 1 aliphatic rings. The van der Waals surface area contributed by atoms with Crippen molar-refractivity contribution >= 4 is 30.6 Å². The van der Waals surface area contributed by atoms with E-state index in [0.717, 1.165) is 55.9 Å². The van der Waals surface area contributed by atoms with Crippen molar-refractivity contribution in [2.24, 2.45) is 21.4 Å². The van der Waals surface area contributed by atoms with E-state index in [-0.39, 0.29) is 11.3 Å². The lowest BCUT2D eigenvalue weighted by atomic mass is 9.66. The van der Waals surface area contributed by atoms with E-state index >= 15 is 0 Å². The number of unbranched alkanes of at least 4 members (excludes halogenated alkanes) is 1. The summed E-state index contributed by atoms with van der Waals surface area (Å²) in [4.78, 5) is 18.5. The smallest absolute Gasteiger partial charge is 0.222 e. The van der Waals surface area contributed by atoms with Gasteiger partial charge in [0.15, 0.2) is 0 Å². The molecule has 0 aromatic heterocycles. The van der Waals surface area contributed by atoms with E-state index in [1.165, 1.54) is 25.6 Å². The molecule has 0 aliphatic carbocycles. The number of likely N-dealkylation sites (tertiary alicyclic amines) is 1. The lowest BCUT2D eigenvalue weighted by molar-refractivity contribution is -0.134. The summed E-state index contributed by atoms with van der Waals surface area (Å²) in [5, 5.41) is 4.88. The van der Waals surface area contributed by atoms with Crippen molar-refractivity contribution in [1.29, 1.82) is 0 Å². The number of hydrogen-bond donors (Lipinski definition) is 1. The molecule has 1 heterocycles. The molecule has 1 atom stereocenters. The number of hydrazone groups is 1. The number of aryl methyl sites for hydroxylation is 1. The minimum absolute atomic E-state index is 0.176. The zero-order valence-corrected chi connectivity index (χ0v) is 19.3. The van der Waals surface area contributed by atoms with Gasteiger partial charge in [-0.1, -0.05) is 56.8 Å². The summed E-state index contributed by atoms with van der Waals surface area (Å²) >= 11 is 5.95. The third-order valence-electron chi connectivity index (χ3n) is 6.58. The van der Waals surface area contributed by atoms with E-state index in [1.807, 2.05) is 24.3 Å². The SMILES string of the molecule is C=N/C=N\NCC1(C(CC)CCCC)CCN(C(=O)CCc2ccc(Cl)cc2)CC1. The Labute approximate surface area is 187 Å². The molecule has 6 heteroatoms. The van der Waals surface area contributed by atoms with Gasteiger partial charge in [-0.05, 0) is 61.4 Å². The van der Waals surface area contributed by atoms with Crippen LogP contribution in [0.5, 0.6) is 0 Å². The Morgan fingerprint density at radius 2 is 2.00 bits per heavy atom. The van der Waals surface area contributed by atoms with Crippen molar-refractivity contribution in [2.75, 3.05) is 19.6 Å². The third kappa shape index (κ3) is 7.12. The Bertz CT molecular complexity index is 681. The van der Waals surface area contributed by atoms with Crippen molar-refractivity contribution in [3.63, 3.8) is 0 Å². The van der Waals surface area contributed by atoms with Crippen LogP contribution in [-0.4, -0.2) is 43.5 Å². The first-order chi connectivity index (χ1) is 14.5. The Morgan fingerprint density at radius 1 is 1.30 bits per heavy atom.